The number of carbonyl (C=O) groups is 2. The normalized spacial score (nSPS) is 12.6. The zero-order valence-electron chi connectivity index (χ0n) is 24.8. The number of nitrogens with zero attached hydrogens (tertiary/aromatic N) is 2. The van der Waals surface area contributed by atoms with Gasteiger partial charge >= 0.3 is 0 Å². The number of carbonyl (C=O) groups excluding carboxylic acids is 2. The minimum Gasteiger partial charge on any atom is -0.493 e. The molecule has 3 aromatic carbocycles. The lowest BCUT2D eigenvalue weighted by Gasteiger charge is -2.32. The molecule has 9 nitrogen and oxygen atoms in total. The van der Waals surface area contributed by atoms with Crippen molar-refractivity contribution in [2.24, 2.45) is 0 Å². The molecule has 0 aliphatic heterocycles. The largest absolute Gasteiger partial charge is 0.493 e. The molecule has 0 aromatic heterocycles. The topological polar surface area (TPSA) is 105 Å². The second-order valence-corrected chi connectivity index (χ2v) is 12.2. The molecule has 2 atom stereocenters. The Balaban J connectivity index is 2.10. The maximum absolute atomic E-state index is 14.1. The van der Waals surface area contributed by atoms with E-state index in [9.17, 15) is 18.0 Å². The average Bonchev–Trinajstić information content (AvgIpc) is 2.98. The molecular formula is C31H38ClN3O6S. The molecule has 1 N–H and O–H groups in total. The quantitative estimate of drug-likeness (QED) is 0.284. The number of benzene rings is 3. The third kappa shape index (κ3) is 7.74. The van der Waals surface area contributed by atoms with Gasteiger partial charge in [0.2, 0.25) is 11.8 Å². The molecule has 0 saturated heterocycles. The van der Waals surface area contributed by atoms with Crippen molar-refractivity contribution in [3.63, 3.8) is 0 Å². The van der Waals surface area contributed by atoms with Crippen LogP contribution in [0.15, 0.2) is 71.6 Å². The van der Waals surface area contributed by atoms with E-state index in [1.54, 1.807) is 49.4 Å². The minimum absolute atomic E-state index is 0.00203. The fraction of sp³-hybridized carbons (Fsp3) is 0.355. The van der Waals surface area contributed by atoms with Crippen molar-refractivity contribution < 1.29 is 27.5 Å². The molecule has 42 heavy (non-hydrogen) atoms. The van der Waals surface area contributed by atoms with Gasteiger partial charge in [0.05, 0.1) is 24.8 Å². The molecule has 226 valence electrons. The van der Waals surface area contributed by atoms with Crippen LogP contribution in [0.1, 0.15) is 38.3 Å². The van der Waals surface area contributed by atoms with Crippen molar-refractivity contribution in [3.8, 4) is 11.5 Å². The number of anilines is 1. The number of sulfonamides is 1. The molecule has 0 radical (unpaired) electrons. The molecule has 0 bridgehead atoms. The average molecular weight is 616 g/mol. The van der Waals surface area contributed by atoms with Crippen molar-refractivity contribution in [2.75, 3.05) is 25.1 Å². The first kappa shape index (κ1) is 32.8. The van der Waals surface area contributed by atoms with Gasteiger partial charge in [-0.1, -0.05) is 54.4 Å². The summed E-state index contributed by atoms with van der Waals surface area (Å²) in [5.74, 6) is -0.257. The van der Waals surface area contributed by atoms with Crippen LogP contribution in [0.4, 0.5) is 5.69 Å². The van der Waals surface area contributed by atoms with Gasteiger partial charge in [0.25, 0.3) is 10.0 Å². The van der Waals surface area contributed by atoms with Crippen LogP contribution >= 0.6 is 11.6 Å². The molecule has 11 heteroatoms. The van der Waals surface area contributed by atoms with Crippen LogP contribution in [-0.4, -0.2) is 58.0 Å². The van der Waals surface area contributed by atoms with Crippen molar-refractivity contribution in [3.05, 3.63) is 82.9 Å². The standard InChI is InChI=1S/C31H38ClN3O6S/c1-7-22(3)33-31(37)23(4)34(19-24-10-8-9-11-27(24)32)30(36)20-35(25-14-17-28(40-5)29(18-25)41-6)42(38,39)26-15-12-21(2)13-16-26/h8-18,22-23H,7,19-20H2,1-6H3,(H,33,37)/t22-,23+/m0/s1. The second kappa shape index (κ2) is 14.4. The lowest BCUT2D eigenvalue weighted by Crippen LogP contribution is -2.52. The van der Waals surface area contributed by atoms with Gasteiger partial charge in [-0.15, -0.1) is 0 Å². The van der Waals surface area contributed by atoms with Gasteiger partial charge in [0.15, 0.2) is 11.5 Å². The molecule has 0 aliphatic carbocycles. The van der Waals surface area contributed by atoms with Crippen molar-refractivity contribution in [2.45, 2.75) is 57.6 Å². The molecular weight excluding hydrogens is 578 g/mol. The van der Waals surface area contributed by atoms with Gasteiger partial charge < -0.3 is 19.7 Å². The summed E-state index contributed by atoms with van der Waals surface area (Å²) < 4.78 is 39.8. The smallest absolute Gasteiger partial charge is 0.264 e. The van der Waals surface area contributed by atoms with Gasteiger partial charge in [-0.05, 0) is 63.1 Å². The van der Waals surface area contributed by atoms with Crippen LogP contribution < -0.4 is 19.1 Å². The van der Waals surface area contributed by atoms with Crippen molar-refractivity contribution >= 4 is 39.1 Å². The molecule has 0 saturated carbocycles. The first-order valence-electron chi connectivity index (χ1n) is 13.6. The molecule has 0 aliphatic rings. The van der Waals surface area contributed by atoms with Crippen LogP contribution in [0.5, 0.6) is 11.5 Å². The number of rotatable bonds is 13. The van der Waals surface area contributed by atoms with E-state index in [0.29, 0.717) is 28.5 Å². The summed E-state index contributed by atoms with van der Waals surface area (Å²) in [6, 6.07) is 16.9. The summed E-state index contributed by atoms with van der Waals surface area (Å²) in [6.45, 7) is 6.69. The van der Waals surface area contributed by atoms with Gasteiger partial charge in [-0.3, -0.25) is 13.9 Å². The van der Waals surface area contributed by atoms with Gasteiger partial charge in [-0.2, -0.15) is 0 Å². The summed E-state index contributed by atoms with van der Waals surface area (Å²) in [7, 11) is -1.32. The summed E-state index contributed by atoms with van der Waals surface area (Å²) in [5, 5.41) is 3.34. The molecule has 3 aromatic rings. The highest BCUT2D eigenvalue weighted by atomic mass is 35.5. The lowest BCUT2D eigenvalue weighted by molar-refractivity contribution is -0.139. The Morgan fingerprint density at radius 2 is 1.60 bits per heavy atom. The molecule has 0 heterocycles. The fourth-order valence-electron chi connectivity index (χ4n) is 4.20. The molecule has 0 unspecified atom stereocenters. The zero-order chi connectivity index (χ0) is 31.0. The monoisotopic (exact) mass is 615 g/mol. The highest BCUT2D eigenvalue weighted by Gasteiger charge is 2.33. The van der Waals surface area contributed by atoms with E-state index in [1.807, 2.05) is 20.8 Å². The number of ether oxygens (including phenoxy) is 2. The number of nitrogens with one attached hydrogen (secondary N) is 1. The third-order valence-corrected chi connectivity index (χ3v) is 9.17. The Hall–Kier alpha value is -3.76. The van der Waals surface area contributed by atoms with E-state index in [0.717, 1.165) is 9.87 Å². The van der Waals surface area contributed by atoms with Crippen LogP contribution in [0, 0.1) is 6.92 Å². The zero-order valence-corrected chi connectivity index (χ0v) is 26.3. The highest BCUT2D eigenvalue weighted by Crippen LogP contribution is 2.34. The van der Waals surface area contributed by atoms with E-state index in [4.69, 9.17) is 21.1 Å². The second-order valence-electron chi connectivity index (χ2n) is 9.97. The van der Waals surface area contributed by atoms with E-state index in [-0.39, 0.29) is 29.1 Å². The van der Waals surface area contributed by atoms with E-state index in [1.165, 1.54) is 43.4 Å². The van der Waals surface area contributed by atoms with E-state index in [2.05, 4.69) is 5.32 Å². The summed E-state index contributed by atoms with van der Waals surface area (Å²) in [5.41, 5.74) is 1.69. The van der Waals surface area contributed by atoms with Gasteiger partial charge in [0, 0.05) is 23.7 Å². The van der Waals surface area contributed by atoms with E-state index < -0.39 is 28.5 Å². The van der Waals surface area contributed by atoms with Crippen LogP contribution in [-0.2, 0) is 26.2 Å². The van der Waals surface area contributed by atoms with Crippen LogP contribution in [0.25, 0.3) is 0 Å². The number of methoxy groups -OCH3 is 2. The lowest BCUT2D eigenvalue weighted by atomic mass is 10.1. The number of aryl methyl sites for hydroxylation is 1. The van der Waals surface area contributed by atoms with E-state index >= 15 is 0 Å². The Labute approximate surface area is 253 Å². The Morgan fingerprint density at radius 1 is 0.952 bits per heavy atom. The maximum Gasteiger partial charge on any atom is 0.264 e. The highest BCUT2D eigenvalue weighted by molar-refractivity contribution is 7.92. The van der Waals surface area contributed by atoms with Crippen LogP contribution in [0.3, 0.4) is 0 Å². The molecule has 3 rings (SSSR count). The predicted molar refractivity (Wildman–Crippen MR) is 165 cm³/mol. The predicted octanol–water partition coefficient (Wildman–Crippen LogP) is 5.19. The summed E-state index contributed by atoms with van der Waals surface area (Å²) in [4.78, 5) is 28.6. The summed E-state index contributed by atoms with van der Waals surface area (Å²) in [6.07, 6.45) is 0.707. The number of hydrogen-bond acceptors (Lipinski definition) is 6. The Kier molecular flexibility index (Phi) is 11.2. The maximum atomic E-state index is 14.1. The van der Waals surface area contributed by atoms with Crippen molar-refractivity contribution in [1.82, 2.24) is 10.2 Å². The van der Waals surface area contributed by atoms with Gasteiger partial charge in [0.1, 0.15) is 12.6 Å². The SMILES string of the molecule is CC[C@H](C)NC(=O)[C@@H](C)N(Cc1ccccc1Cl)C(=O)CN(c1ccc(OC)c(OC)c1)S(=O)(=O)c1ccc(C)cc1. The third-order valence-electron chi connectivity index (χ3n) is 7.01. The van der Waals surface area contributed by atoms with Gasteiger partial charge in [-0.25, -0.2) is 8.42 Å². The number of hydrogen-bond donors (Lipinski definition) is 1. The first-order chi connectivity index (χ1) is 19.9. The fourth-order valence-corrected chi connectivity index (χ4v) is 5.81. The Bertz CT molecular complexity index is 1500. The molecule has 0 fully saturated rings. The van der Waals surface area contributed by atoms with Crippen LogP contribution in [0.2, 0.25) is 5.02 Å². The summed E-state index contributed by atoms with van der Waals surface area (Å²) >= 11 is 6.42. The number of halogens is 1. The minimum atomic E-state index is -4.23. The first-order valence-corrected chi connectivity index (χ1v) is 15.4. The number of amides is 2. The molecule has 0 spiro atoms. The Morgan fingerprint density at radius 3 is 2.19 bits per heavy atom. The molecule has 2 amide bonds. The van der Waals surface area contributed by atoms with Crippen molar-refractivity contribution in [1.29, 1.82) is 0 Å².